The molecule has 0 saturated carbocycles. The Labute approximate surface area is 174 Å². The van der Waals surface area contributed by atoms with Crippen molar-refractivity contribution in [3.05, 3.63) is 38.5 Å². The van der Waals surface area contributed by atoms with Crippen molar-refractivity contribution in [3.8, 4) is 0 Å². The molecular weight excluding hydrogens is 434 g/mol. The highest BCUT2D eigenvalue weighted by atomic mass is 35.5. The number of aromatic nitrogens is 1. The second kappa shape index (κ2) is 7.53. The van der Waals surface area contributed by atoms with Crippen LogP contribution in [0.25, 0.3) is 0 Å². The molecule has 2 aliphatic rings. The fourth-order valence-corrected chi connectivity index (χ4v) is 4.75. The summed E-state index contributed by atoms with van der Waals surface area (Å²) in [5.74, 6) is -4.56. The van der Waals surface area contributed by atoms with E-state index in [1.165, 1.54) is 11.3 Å². The summed E-state index contributed by atoms with van der Waals surface area (Å²) in [6.07, 6.45) is 3.19. The van der Waals surface area contributed by atoms with Crippen molar-refractivity contribution in [1.82, 2.24) is 4.98 Å². The molecule has 5 nitrogen and oxygen atoms in total. The molecule has 11 heteroatoms. The zero-order chi connectivity index (χ0) is 19.5. The number of thiazole rings is 1. The molecule has 28 heavy (non-hydrogen) atoms. The Morgan fingerprint density at radius 2 is 1.89 bits per heavy atom. The van der Waals surface area contributed by atoms with Gasteiger partial charge in [0.2, 0.25) is 0 Å². The number of nitrogens with zero attached hydrogens (tertiary/aromatic N) is 3. The lowest BCUT2D eigenvalue weighted by molar-refractivity contribution is 0.484. The Bertz CT molecular complexity index is 1010. The number of amidine groups is 1. The normalized spacial score (nSPS) is 18.8. The van der Waals surface area contributed by atoms with Crippen LogP contribution in [0.3, 0.4) is 0 Å². The van der Waals surface area contributed by atoms with Crippen LogP contribution in [0.4, 0.5) is 24.1 Å². The Kier molecular flexibility index (Phi) is 5.62. The zero-order valence-corrected chi connectivity index (χ0v) is 17.0. The van der Waals surface area contributed by atoms with E-state index in [9.17, 15) is 13.2 Å². The minimum Gasteiger partial charge on any atom is -0.382 e. The van der Waals surface area contributed by atoms with Gasteiger partial charge in [-0.25, -0.2) is 23.1 Å². The van der Waals surface area contributed by atoms with E-state index in [1.54, 1.807) is 0 Å². The average Bonchev–Trinajstić information content (AvgIpc) is 3.18. The molecule has 0 radical (unpaired) electrons. The number of rotatable bonds is 2. The van der Waals surface area contributed by atoms with Crippen molar-refractivity contribution < 1.29 is 13.2 Å². The second-order valence-electron chi connectivity index (χ2n) is 6.56. The molecule has 0 bridgehead atoms. The fourth-order valence-electron chi connectivity index (χ4n) is 3.46. The highest BCUT2D eigenvalue weighted by Crippen LogP contribution is 2.39. The first kappa shape index (κ1) is 20.9. The monoisotopic (exact) mass is 449 g/mol. The third-order valence-electron chi connectivity index (χ3n) is 4.87. The van der Waals surface area contributed by atoms with Gasteiger partial charge in [-0.2, -0.15) is 0 Å². The standard InChI is InChI=1S/C17H15ClF3N5S.ClH/c1-6-4-2-3-5-26(6)17-25-16(23)14(27-17)13-7-8(15(22)24-13)11(20)12(21)9(18)10(7)19;/h6,22H,2-5,23H2,1H3;1H. The summed E-state index contributed by atoms with van der Waals surface area (Å²) in [6, 6.07) is 0.283. The van der Waals surface area contributed by atoms with Gasteiger partial charge in [-0.1, -0.05) is 22.9 Å². The number of benzene rings is 1. The van der Waals surface area contributed by atoms with Gasteiger partial charge in [-0.3, -0.25) is 5.41 Å². The first-order chi connectivity index (χ1) is 12.8. The molecule has 1 aromatic carbocycles. The molecule has 1 atom stereocenters. The lowest BCUT2D eigenvalue weighted by Gasteiger charge is -2.32. The van der Waals surface area contributed by atoms with Gasteiger partial charge in [0.15, 0.2) is 28.4 Å². The molecule has 2 aliphatic heterocycles. The molecule has 4 rings (SSSR count). The summed E-state index contributed by atoms with van der Waals surface area (Å²) in [5, 5.41) is 7.54. The summed E-state index contributed by atoms with van der Waals surface area (Å²) in [7, 11) is 0. The molecule has 0 amide bonds. The van der Waals surface area contributed by atoms with Gasteiger partial charge < -0.3 is 10.6 Å². The van der Waals surface area contributed by atoms with Crippen molar-refractivity contribution >= 4 is 57.8 Å². The van der Waals surface area contributed by atoms with E-state index in [-0.39, 0.29) is 35.5 Å². The number of anilines is 2. The maximum absolute atomic E-state index is 14.6. The van der Waals surface area contributed by atoms with Crippen molar-refractivity contribution in [1.29, 1.82) is 5.41 Å². The van der Waals surface area contributed by atoms with Gasteiger partial charge in [0.25, 0.3) is 0 Å². The molecule has 0 aliphatic carbocycles. The Balaban J connectivity index is 0.00000225. The molecule has 2 aromatic rings. The molecule has 3 N–H and O–H groups in total. The van der Waals surface area contributed by atoms with E-state index in [1.807, 2.05) is 0 Å². The van der Waals surface area contributed by atoms with Crippen LogP contribution >= 0.6 is 35.3 Å². The smallest absolute Gasteiger partial charge is 0.188 e. The predicted octanol–water partition coefficient (Wildman–Crippen LogP) is 4.77. The number of nitrogens with one attached hydrogen (secondary N) is 1. The fraction of sp³-hybridized carbons (Fsp3) is 0.353. The van der Waals surface area contributed by atoms with Crippen LogP contribution in [0, 0.1) is 22.9 Å². The number of piperidine rings is 1. The quantitative estimate of drug-likeness (QED) is 0.511. The number of aliphatic imine (C=N–C) groups is 1. The van der Waals surface area contributed by atoms with Crippen LogP contribution in [0.5, 0.6) is 0 Å². The summed E-state index contributed by atoms with van der Waals surface area (Å²) in [5.41, 5.74) is 5.09. The van der Waals surface area contributed by atoms with Gasteiger partial charge in [-0.15, -0.1) is 12.4 Å². The van der Waals surface area contributed by atoms with Crippen molar-refractivity contribution in [2.24, 2.45) is 4.99 Å². The number of hydrogen-bond donors (Lipinski definition) is 2. The summed E-state index contributed by atoms with van der Waals surface area (Å²) in [6.45, 7) is 2.92. The largest absolute Gasteiger partial charge is 0.382 e. The van der Waals surface area contributed by atoms with Crippen molar-refractivity contribution in [2.45, 2.75) is 32.2 Å². The number of fused-ring (bicyclic) bond motifs is 1. The SMILES string of the molecule is CC1CCCCN1c1nc(N)c(C2=NC(=N)c3c(F)c(F)c(Cl)c(F)c32)s1.Cl. The van der Waals surface area contributed by atoms with Crippen molar-refractivity contribution in [2.75, 3.05) is 17.2 Å². The molecule has 150 valence electrons. The lowest BCUT2D eigenvalue weighted by atomic mass is 10.0. The van der Waals surface area contributed by atoms with Gasteiger partial charge in [0.1, 0.15) is 10.8 Å². The lowest BCUT2D eigenvalue weighted by Crippen LogP contribution is -2.37. The maximum atomic E-state index is 14.6. The zero-order valence-electron chi connectivity index (χ0n) is 14.7. The van der Waals surface area contributed by atoms with Crippen LogP contribution in [0.2, 0.25) is 5.02 Å². The molecule has 1 fully saturated rings. The minimum atomic E-state index is -1.53. The van der Waals surface area contributed by atoms with E-state index < -0.39 is 33.9 Å². The van der Waals surface area contributed by atoms with Gasteiger partial charge in [-0.05, 0) is 26.2 Å². The van der Waals surface area contributed by atoms with Gasteiger partial charge in [0, 0.05) is 12.6 Å². The third kappa shape index (κ3) is 3.05. The minimum absolute atomic E-state index is 0. The van der Waals surface area contributed by atoms with Crippen molar-refractivity contribution in [3.63, 3.8) is 0 Å². The molecule has 1 unspecified atom stereocenters. The van der Waals surface area contributed by atoms with E-state index >= 15 is 0 Å². The Hall–Kier alpha value is -1.84. The first-order valence-electron chi connectivity index (χ1n) is 8.38. The van der Waals surface area contributed by atoms with E-state index in [0.717, 1.165) is 25.8 Å². The molecule has 1 saturated heterocycles. The van der Waals surface area contributed by atoms with Crippen LogP contribution in [-0.4, -0.2) is 29.1 Å². The molecule has 1 aromatic heterocycles. The summed E-state index contributed by atoms with van der Waals surface area (Å²) >= 11 is 6.78. The average molecular weight is 450 g/mol. The van der Waals surface area contributed by atoms with E-state index in [2.05, 4.69) is 21.8 Å². The maximum Gasteiger partial charge on any atom is 0.188 e. The summed E-state index contributed by atoms with van der Waals surface area (Å²) in [4.78, 5) is 10.7. The van der Waals surface area contributed by atoms with Crippen LogP contribution in [-0.2, 0) is 0 Å². The summed E-state index contributed by atoms with van der Waals surface area (Å²) < 4.78 is 42.6. The third-order valence-corrected chi connectivity index (χ3v) is 6.32. The number of halogens is 5. The predicted molar refractivity (Wildman–Crippen MR) is 108 cm³/mol. The Morgan fingerprint density at radius 3 is 2.57 bits per heavy atom. The first-order valence-corrected chi connectivity index (χ1v) is 9.58. The number of nitrogen functional groups attached to an aromatic ring is 1. The highest BCUT2D eigenvalue weighted by Gasteiger charge is 2.36. The number of nitrogens with two attached hydrogens (primary N) is 1. The molecule has 0 spiro atoms. The topological polar surface area (TPSA) is 78.4 Å². The van der Waals surface area contributed by atoms with Crippen LogP contribution < -0.4 is 10.6 Å². The Morgan fingerprint density at radius 1 is 1.18 bits per heavy atom. The number of hydrogen-bond acceptors (Lipinski definition) is 5. The van der Waals surface area contributed by atoms with Crippen LogP contribution in [0.15, 0.2) is 4.99 Å². The second-order valence-corrected chi connectivity index (χ2v) is 7.92. The van der Waals surface area contributed by atoms with Gasteiger partial charge in [0.05, 0.1) is 21.7 Å². The molecular formula is C17H16Cl2F3N5S. The molecule has 3 heterocycles. The van der Waals surface area contributed by atoms with E-state index in [0.29, 0.717) is 10.0 Å². The highest BCUT2D eigenvalue weighted by molar-refractivity contribution is 7.18. The van der Waals surface area contributed by atoms with Crippen LogP contribution in [0.1, 0.15) is 42.2 Å². The van der Waals surface area contributed by atoms with Gasteiger partial charge >= 0.3 is 0 Å². The van der Waals surface area contributed by atoms with E-state index in [4.69, 9.17) is 22.7 Å².